The number of halogens is 2. The molecule has 1 atom stereocenters. The Morgan fingerprint density at radius 2 is 2.44 bits per heavy atom. The van der Waals surface area contributed by atoms with E-state index in [1.165, 1.54) is 0 Å². The topological polar surface area (TPSA) is 59.6 Å². The van der Waals surface area contributed by atoms with Crippen LogP contribution < -0.4 is 10.6 Å². The highest BCUT2D eigenvalue weighted by Crippen LogP contribution is 1.98. The lowest BCUT2D eigenvalue weighted by atomic mass is 10.1. The van der Waals surface area contributed by atoms with E-state index in [2.05, 4.69) is 15.4 Å². The van der Waals surface area contributed by atoms with Gasteiger partial charge in [0.05, 0.1) is 13.2 Å². The van der Waals surface area contributed by atoms with Gasteiger partial charge < -0.3 is 20.1 Å². The SMILES string of the molecule is O=C(COC(F)F)NCC1CNCCOC1. The van der Waals surface area contributed by atoms with Crippen molar-refractivity contribution in [3.63, 3.8) is 0 Å². The van der Waals surface area contributed by atoms with Crippen LogP contribution in [-0.4, -0.2) is 52.0 Å². The van der Waals surface area contributed by atoms with Crippen LogP contribution in [0, 0.1) is 5.92 Å². The average molecular weight is 238 g/mol. The monoisotopic (exact) mass is 238 g/mol. The standard InChI is InChI=1S/C9H16F2N2O3/c10-9(11)16-6-8(14)13-4-7-3-12-1-2-15-5-7/h7,9,12H,1-6H2,(H,13,14). The van der Waals surface area contributed by atoms with E-state index in [1.54, 1.807) is 0 Å². The van der Waals surface area contributed by atoms with Crippen LogP contribution >= 0.6 is 0 Å². The maximum Gasteiger partial charge on any atom is 0.345 e. The molecule has 1 aliphatic rings. The lowest BCUT2D eigenvalue weighted by Gasteiger charge is -2.14. The Hall–Kier alpha value is -0.790. The molecule has 2 N–H and O–H groups in total. The number of carbonyl (C=O) groups excluding carboxylic acids is 1. The summed E-state index contributed by atoms with van der Waals surface area (Å²) in [5.74, 6) is -0.373. The predicted molar refractivity (Wildman–Crippen MR) is 52.1 cm³/mol. The summed E-state index contributed by atoms with van der Waals surface area (Å²) in [6, 6.07) is 0. The van der Waals surface area contributed by atoms with Crippen LogP contribution in [0.25, 0.3) is 0 Å². The average Bonchev–Trinajstić information content (AvgIpc) is 2.51. The van der Waals surface area contributed by atoms with Crippen LogP contribution in [0.3, 0.4) is 0 Å². The van der Waals surface area contributed by atoms with E-state index in [1.807, 2.05) is 0 Å². The molecular weight excluding hydrogens is 222 g/mol. The third-order valence-corrected chi connectivity index (χ3v) is 2.14. The molecule has 1 heterocycles. The van der Waals surface area contributed by atoms with Crippen LogP contribution in [-0.2, 0) is 14.3 Å². The lowest BCUT2D eigenvalue weighted by molar-refractivity contribution is -0.151. The fraction of sp³-hybridized carbons (Fsp3) is 0.889. The zero-order chi connectivity index (χ0) is 11.8. The van der Waals surface area contributed by atoms with E-state index in [0.717, 1.165) is 13.1 Å². The number of hydrogen-bond acceptors (Lipinski definition) is 4. The zero-order valence-corrected chi connectivity index (χ0v) is 8.88. The van der Waals surface area contributed by atoms with Crippen molar-refractivity contribution in [3.05, 3.63) is 0 Å². The molecule has 1 saturated heterocycles. The fourth-order valence-electron chi connectivity index (χ4n) is 1.34. The Morgan fingerprint density at radius 3 is 3.19 bits per heavy atom. The summed E-state index contributed by atoms with van der Waals surface area (Å²) < 4.78 is 32.4. The number of carbonyl (C=O) groups is 1. The van der Waals surface area contributed by atoms with E-state index >= 15 is 0 Å². The van der Waals surface area contributed by atoms with Crippen molar-refractivity contribution in [3.8, 4) is 0 Å². The Balaban J connectivity index is 2.10. The molecule has 1 fully saturated rings. The number of amides is 1. The second-order valence-electron chi connectivity index (χ2n) is 3.52. The molecule has 0 aromatic carbocycles. The highest BCUT2D eigenvalue weighted by molar-refractivity contribution is 5.77. The summed E-state index contributed by atoms with van der Waals surface area (Å²) in [7, 11) is 0. The van der Waals surface area contributed by atoms with Gasteiger partial charge in [-0.1, -0.05) is 0 Å². The van der Waals surface area contributed by atoms with Gasteiger partial charge >= 0.3 is 6.61 Å². The minimum Gasteiger partial charge on any atom is -0.380 e. The first-order chi connectivity index (χ1) is 7.68. The maximum absolute atomic E-state index is 11.6. The number of ether oxygens (including phenoxy) is 2. The smallest absolute Gasteiger partial charge is 0.345 e. The molecular formula is C9H16F2N2O3. The molecule has 16 heavy (non-hydrogen) atoms. The third kappa shape index (κ3) is 5.94. The second kappa shape index (κ2) is 7.48. The molecule has 0 aliphatic carbocycles. The maximum atomic E-state index is 11.6. The normalized spacial score (nSPS) is 21.8. The summed E-state index contributed by atoms with van der Waals surface area (Å²) in [6.45, 7) is -0.373. The first kappa shape index (κ1) is 13.3. The summed E-state index contributed by atoms with van der Waals surface area (Å²) >= 11 is 0. The van der Waals surface area contributed by atoms with E-state index in [-0.39, 0.29) is 5.92 Å². The van der Waals surface area contributed by atoms with Crippen molar-refractivity contribution in [1.29, 1.82) is 0 Å². The van der Waals surface area contributed by atoms with Crippen molar-refractivity contribution in [2.45, 2.75) is 6.61 Å². The van der Waals surface area contributed by atoms with E-state index in [9.17, 15) is 13.6 Å². The van der Waals surface area contributed by atoms with Crippen molar-refractivity contribution in [2.75, 3.05) is 39.5 Å². The van der Waals surface area contributed by atoms with Gasteiger partial charge in [0, 0.05) is 25.6 Å². The Morgan fingerprint density at radius 1 is 1.62 bits per heavy atom. The van der Waals surface area contributed by atoms with Gasteiger partial charge in [-0.25, -0.2) is 0 Å². The van der Waals surface area contributed by atoms with Crippen molar-refractivity contribution < 1.29 is 23.0 Å². The van der Waals surface area contributed by atoms with E-state index < -0.39 is 19.1 Å². The fourth-order valence-corrected chi connectivity index (χ4v) is 1.34. The lowest BCUT2D eigenvalue weighted by Crippen LogP contribution is -2.37. The summed E-state index contributed by atoms with van der Waals surface area (Å²) in [6.07, 6.45) is 0. The Kier molecular flexibility index (Phi) is 6.20. The molecule has 7 heteroatoms. The van der Waals surface area contributed by atoms with Gasteiger partial charge in [-0.3, -0.25) is 4.79 Å². The second-order valence-corrected chi connectivity index (χ2v) is 3.52. The Bertz CT molecular complexity index is 209. The third-order valence-electron chi connectivity index (χ3n) is 2.14. The molecule has 1 aliphatic heterocycles. The molecule has 0 saturated carbocycles. The predicted octanol–water partition coefficient (Wildman–Crippen LogP) is -0.422. The van der Waals surface area contributed by atoms with Gasteiger partial charge in [-0.2, -0.15) is 8.78 Å². The molecule has 0 spiro atoms. The molecule has 94 valence electrons. The number of nitrogens with one attached hydrogen (secondary N) is 2. The van der Waals surface area contributed by atoms with Crippen LogP contribution in [0.15, 0.2) is 0 Å². The van der Waals surface area contributed by atoms with Gasteiger partial charge in [-0.05, 0) is 0 Å². The van der Waals surface area contributed by atoms with Gasteiger partial charge in [-0.15, -0.1) is 0 Å². The van der Waals surface area contributed by atoms with E-state index in [4.69, 9.17) is 4.74 Å². The summed E-state index contributed by atoms with van der Waals surface area (Å²) in [5, 5.41) is 5.66. The summed E-state index contributed by atoms with van der Waals surface area (Å²) in [5.41, 5.74) is 0. The van der Waals surface area contributed by atoms with Crippen LogP contribution in [0.1, 0.15) is 0 Å². The van der Waals surface area contributed by atoms with Crippen molar-refractivity contribution in [1.82, 2.24) is 10.6 Å². The van der Waals surface area contributed by atoms with E-state index in [0.29, 0.717) is 19.8 Å². The molecule has 0 radical (unpaired) electrons. The number of alkyl halides is 2. The quantitative estimate of drug-likeness (QED) is 0.683. The molecule has 0 bridgehead atoms. The van der Waals surface area contributed by atoms with Crippen LogP contribution in [0.5, 0.6) is 0 Å². The van der Waals surface area contributed by atoms with Gasteiger partial charge in [0.2, 0.25) is 5.91 Å². The Labute approximate surface area is 92.5 Å². The summed E-state index contributed by atoms with van der Waals surface area (Å²) in [4.78, 5) is 11.0. The minimum atomic E-state index is -2.91. The number of hydrogen-bond donors (Lipinski definition) is 2. The number of rotatable bonds is 5. The van der Waals surface area contributed by atoms with Crippen LogP contribution in [0.4, 0.5) is 8.78 Å². The van der Waals surface area contributed by atoms with Gasteiger partial charge in [0.15, 0.2) is 0 Å². The molecule has 5 nitrogen and oxygen atoms in total. The van der Waals surface area contributed by atoms with Crippen LogP contribution in [0.2, 0.25) is 0 Å². The molecule has 1 rings (SSSR count). The molecule has 0 aromatic rings. The van der Waals surface area contributed by atoms with Crippen molar-refractivity contribution >= 4 is 5.91 Å². The largest absolute Gasteiger partial charge is 0.380 e. The minimum absolute atomic E-state index is 0.165. The van der Waals surface area contributed by atoms with Gasteiger partial charge in [0.1, 0.15) is 6.61 Å². The van der Waals surface area contributed by atoms with Gasteiger partial charge in [0.25, 0.3) is 0 Å². The zero-order valence-electron chi connectivity index (χ0n) is 8.88. The highest BCUT2D eigenvalue weighted by Gasteiger charge is 2.14. The molecule has 1 amide bonds. The van der Waals surface area contributed by atoms with Crippen molar-refractivity contribution in [2.24, 2.45) is 5.92 Å². The first-order valence-electron chi connectivity index (χ1n) is 5.13. The molecule has 0 aromatic heterocycles. The highest BCUT2D eigenvalue weighted by atomic mass is 19.3. The molecule has 1 unspecified atom stereocenters. The first-order valence-corrected chi connectivity index (χ1v) is 5.13.